The maximum Gasteiger partial charge on any atom is 0.187 e. The monoisotopic (exact) mass is 246 g/mol. The van der Waals surface area contributed by atoms with Gasteiger partial charge in [0.15, 0.2) is 9.84 Å². The number of carbonyl (C=O) groups is 1. The number of ketones is 1. The number of hydrogen-bond donors (Lipinski definition) is 0. The van der Waals surface area contributed by atoms with E-state index in [1.54, 1.807) is 24.4 Å². The van der Waals surface area contributed by atoms with Crippen molar-refractivity contribution >= 4 is 27.0 Å². The number of Topliss-reactive ketones (excluding diaryl/α,β-unsaturated/α-hetero) is 1. The van der Waals surface area contributed by atoms with Crippen molar-refractivity contribution in [3.05, 3.63) is 17.5 Å². The number of hydrogen-bond acceptors (Lipinski definition) is 4. The van der Waals surface area contributed by atoms with Crippen LogP contribution < -0.4 is 0 Å². The molecule has 0 bridgehead atoms. The van der Waals surface area contributed by atoms with Gasteiger partial charge in [0.2, 0.25) is 0 Å². The molecule has 3 nitrogen and oxygen atoms in total. The first-order chi connectivity index (χ1) is 7.06. The molecule has 0 spiro atoms. The third-order valence-electron chi connectivity index (χ3n) is 2.06. The molecule has 0 saturated heterocycles. The third kappa shape index (κ3) is 3.76. The Morgan fingerprint density at radius 3 is 2.73 bits per heavy atom. The summed E-state index contributed by atoms with van der Waals surface area (Å²) >= 11 is 1.22. The molecule has 5 heteroatoms. The van der Waals surface area contributed by atoms with Crippen LogP contribution in [0.3, 0.4) is 0 Å². The molecule has 0 unspecified atom stereocenters. The molecule has 1 heterocycles. The fraction of sp³-hybridized carbons (Fsp3) is 0.500. The second-order valence-corrected chi connectivity index (χ2v) is 6.53. The van der Waals surface area contributed by atoms with Crippen molar-refractivity contribution in [2.45, 2.75) is 30.4 Å². The summed E-state index contributed by atoms with van der Waals surface area (Å²) in [4.78, 5) is 11.0. The minimum absolute atomic E-state index is 0.0687. The van der Waals surface area contributed by atoms with E-state index in [2.05, 4.69) is 0 Å². The normalized spacial score (nSPS) is 11.5. The van der Waals surface area contributed by atoms with Crippen LogP contribution in [0.15, 0.2) is 21.7 Å². The van der Waals surface area contributed by atoms with E-state index in [1.165, 1.54) is 11.3 Å². The van der Waals surface area contributed by atoms with Crippen molar-refractivity contribution in [3.8, 4) is 0 Å². The van der Waals surface area contributed by atoms with E-state index in [0.29, 0.717) is 23.5 Å². The van der Waals surface area contributed by atoms with Crippen LogP contribution in [0.5, 0.6) is 0 Å². The smallest absolute Gasteiger partial charge is 0.187 e. The van der Waals surface area contributed by atoms with Crippen LogP contribution in [0.1, 0.15) is 26.2 Å². The quantitative estimate of drug-likeness (QED) is 0.773. The zero-order valence-electron chi connectivity index (χ0n) is 8.60. The highest BCUT2D eigenvalue weighted by molar-refractivity contribution is 7.93. The molecule has 0 atom stereocenters. The molecular weight excluding hydrogens is 232 g/mol. The molecule has 0 saturated carbocycles. The molecule has 1 aromatic rings. The van der Waals surface area contributed by atoms with Gasteiger partial charge in [0.05, 0.1) is 5.75 Å². The fourth-order valence-corrected chi connectivity index (χ4v) is 3.64. The Morgan fingerprint density at radius 1 is 1.47 bits per heavy atom. The molecule has 0 aromatic carbocycles. The number of carbonyl (C=O) groups excluding carboxylic acids is 1. The van der Waals surface area contributed by atoms with Gasteiger partial charge in [-0.1, -0.05) is 13.0 Å². The predicted octanol–water partition coefficient (Wildman–Crippen LogP) is 2.28. The third-order valence-corrected chi connectivity index (χ3v) is 5.35. The zero-order valence-corrected chi connectivity index (χ0v) is 10.2. The van der Waals surface area contributed by atoms with Gasteiger partial charge in [-0.25, -0.2) is 8.42 Å². The molecule has 0 aliphatic heterocycles. The summed E-state index contributed by atoms with van der Waals surface area (Å²) in [6.07, 6.45) is 1.27. The van der Waals surface area contributed by atoms with Gasteiger partial charge in [-0.15, -0.1) is 11.3 Å². The molecule has 0 N–H and O–H groups in total. The van der Waals surface area contributed by atoms with Crippen LogP contribution in [-0.4, -0.2) is 20.0 Å². The number of thiophene rings is 1. The second kappa shape index (κ2) is 5.42. The Morgan fingerprint density at radius 2 is 2.20 bits per heavy atom. The van der Waals surface area contributed by atoms with Gasteiger partial charge in [0.25, 0.3) is 0 Å². The standard InChI is InChI=1S/C10H14O3S2/c1-2-9(11)5-4-8-15(12,13)10-6-3-7-14-10/h3,6-7H,2,4-5,8H2,1H3. The van der Waals surface area contributed by atoms with E-state index in [-0.39, 0.29) is 11.5 Å². The Balaban J connectivity index is 2.49. The highest BCUT2D eigenvalue weighted by Gasteiger charge is 2.15. The summed E-state index contributed by atoms with van der Waals surface area (Å²) in [6.45, 7) is 1.79. The molecule has 0 amide bonds. The Kier molecular flexibility index (Phi) is 4.47. The van der Waals surface area contributed by atoms with Gasteiger partial charge in [-0.05, 0) is 17.9 Å². The summed E-state index contributed by atoms with van der Waals surface area (Å²) in [6, 6.07) is 3.32. The summed E-state index contributed by atoms with van der Waals surface area (Å²) in [7, 11) is -3.15. The van der Waals surface area contributed by atoms with Crippen molar-refractivity contribution in [1.82, 2.24) is 0 Å². The van der Waals surface area contributed by atoms with Crippen LogP contribution in [-0.2, 0) is 14.6 Å². The summed E-state index contributed by atoms with van der Waals surface area (Å²) in [5.74, 6) is 0.190. The summed E-state index contributed by atoms with van der Waals surface area (Å²) in [5.41, 5.74) is 0. The topological polar surface area (TPSA) is 51.2 Å². The second-order valence-electron chi connectivity index (χ2n) is 3.25. The van der Waals surface area contributed by atoms with Crippen molar-refractivity contribution in [1.29, 1.82) is 0 Å². The van der Waals surface area contributed by atoms with Gasteiger partial charge in [0, 0.05) is 12.8 Å². The first-order valence-electron chi connectivity index (χ1n) is 4.84. The Bertz CT molecular complexity index is 404. The lowest BCUT2D eigenvalue weighted by Gasteiger charge is -2.00. The molecular formula is C10H14O3S2. The van der Waals surface area contributed by atoms with Crippen molar-refractivity contribution in [2.75, 3.05) is 5.75 Å². The van der Waals surface area contributed by atoms with Crippen molar-refractivity contribution in [3.63, 3.8) is 0 Å². The van der Waals surface area contributed by atoms with Crippen LogP contribution in [0, 0.1) is 0 Å². The predicted molar refractivity (Wildman–Crippen MR) is 60.9 cm³/mol. The SMILES string of the molecule is CCC(=O)CCCS(=O)(=O)c1cccs1. The van der Waals surface area contributed by atoms with Crippen LogP contribution in [0.2, 0.25) is 0 Å². The van der Waals surface area contributed by atoms with E-state index in [9.17, 15) is 13.2 Å². The van der Waals surface area contributed by atoms with Crippen molar-refractivity contribution < 1.29 is 13.2 Å². The fourth-order valence-electron chi connectivity index (χ4n) is 1.18. The van der Waals surface area contributed by atoms with Crippen LogP contribution in [0.4, 0.5) is 0 Å². The summed E-state index contributed by atoms with van der Waals surface area (Å²) < 4.78 is 23.7. The molecule has 15 heavy (non-hydrogen) atoms. The van der Waals surface area contributed by atoms with Gasteiger partial charge in [-0.3, -0.25) is 4.79 Å². The van der Waals surface area contributed by atoms with Gasteiger partial charge in [-0.2, -0.15) is 0 Å². The Labute approximate surface area is 94.0 Å². The van der Waals surface area contributed by atoms with E-state index >= 15 is 0 Å². The maximum absolute atomic E-state index is 11.7. The highest BCUT2D eigenvalue weighted by Crippen LogP contribution is 2.18. The largest absolute Gasteiger partial charge is 0.300 e. The van der Waals surface area contributed by atoms with E-state index in [4.69, 9.17) is 0 Å². The minimum Gasteiger partial charge on any atom is -0.300 e. The molecule has 0 fully saturated rings. The molecule has 84 valence electrons. The van der Waals surface area contributed by atoms with E-state index < -0.39 is 9.84 Å². The minimum atomic E-state index is -3.15. The van der Waals surface area contributed by atoms with Crippen LogP contribution in [0.25, 0.3) is 0 Å². The summed E-state index contributed by atoms with van der Waals surface area (Å²) in [5, 5.41) is 1.74. The first kappa shape index (κ1) is 12.4. The average Bonchev–Trinajstić information content (AvgIpc) is 2.70. The molecule has 1 aromatic heterocycles. The maximum atomic E-state index is 11.7. The first-order valence-corrected chi connectivity index (χ1v) is 7.37. The molecule has 0 aliphatic carbocycles. The lowest BCUT2D eigenvalue weighted by molar-refractivity contribution is -0.118. The van der Waals surface area contributed by atoms with E-state index in [1.807, 2.05) is 0 Å². The lowest BCUT2D eigenvalue weighted by Crippen LogP contribution is -2.07. The average molecular weight is 246 g/mol. The van der Waals surface area contributed by atoms with E-state index in [0.717, 1.165) is 0 Å². The molecule has 0 aliphatic rings. The zero-order chi connectivity index (χ0) is 11.3. The van der Waals surface area contributed by atoms with Gasteiger partial charge in [0.1, 0.15) is 9.99 Å². The van der Waals surface area contributed by atoms with Crippen LogP contribution >= 0.6 is 11.3 Å². The van der Waals surface area contributed by atoms with Gasteiger partial charge < -0.3 is 0 Å². The lowest BCUT2D eigenvalue weighted by atomic mass is 10.2. The Hall–Kier alpha value is -0.680. The molecule has 1 rings (SSSR count). The highest BCUT2D eigenvalue weighted by atomic mass is 32.2. The number of sulfone groups is 1. The number of rotatable bonds is 6. The molecule has 0 radical (unpaired) electrons. The van der Waals surface area contributed by atoms with Crippen molar-refractivity contribution in [2.24, 2.45) is 0 Å². The van der Waals surface area contributed by atoms with Gasteiger partial charge >= 0.3 is 0 Å².